The van der Waals surface area contributed by atoms with Gasteiger partial charge in [0.05, 0.1) is 11.1 Å². The number of amides is 1. The predicted molar refractivity (Wildman–Crippen MR) is 112 cm³/mol. The molecule has 0 saturated heterocycles. The fraction of sp³-hybridized carbons (Fsp3) is 0.238. The van der Waals surface area contributed by atoms with Crippen molar-refractivity contribution in [3.63, 3.8) is 0 Å². The summed E-state index contributed by atoms with van der Waals surface area (Å²) in [5.74, 6) is 0.157. The van der Waals surface area contributed by atoms with Crippen LogP contribution in [0.2, 0.25) is 0 Å². The molecule has 0 unspecified atom stereocenters. The minimum absolute atomic E-state index is 0.0800. The summed E-state index contributed by atoms with van der Waals surface area (Å²) in [7, 11) is -3.78. The third-order valence-electron chi connectivity index (χ3n) is 4.45. The molecular weight excluding hydrogens is 388 g/mol. The van der Waals surface area contributed by atoms with Gasteiger partial charge in [-0.2, -0.15) is 5.10 Å². The number of aromatic nitrogens is 2. The van der Waals surface area contributed by atoms with E-state index in [1.165, 1.54) is 6.07 Å². The largest absolute Gasteiger partial charge is 0.307 e. The van der Waals surface area contributed by atoms with Crippen LogP contribution in [0.3, 0.4) is 0 Å². The second-order valence-corrected chi connectivity index (χ2v) is 8.73. The Morgan fingerprint density at radius 1 is 1.10 bits per heavy atom. The molecule has 7 nitrogen and oxygen atoms in total. The Morgan fingerprint density at radius 3 is 2.52 bits per heavy atom. The Kier molecular flexibility index (Phi) is 6.14. The van der Waals surface area contributed by atoms with Gasteiger partial charge < -0.3 is 5.32 Å². The Morgan fingerprint density at radius 2 is 1.83 bits per heavy atom. The molecule has 3 rings (SSSR count). The molecule has 0 saturated carbocycles. The zero-order chi connectivity index (χ0) is 21.0. The van der Waals surface area contributed by atoms with Crippen LogP contribution in [0.1, 0.15) is 41.4 Å². The molecule has 2 N–H and O–H groups in total. The van der Waals surface area contributed by atoms with Crippen LogP contribution in [0.25, 0.3) is 0 Å². The second kappa shape index (κ2) is 8.59. The van der Waals surface area contributed by atoms with Gasteiger partial charge in [0, 0.05) is 24.2 Å². The van der Waals surface area contributed by atoms with Crippen molar-refractivity contribution in [2.75, 3.05) is 5.32 Å². The van der Waals surface area contributed by atoms with Gasteiger partial charge in [0.25, 0.3) is 5.91 Å². The number of nitrogens with zero attached hydrogens (tertiary/aromatic N) is 2. The Labute approximate surface area is 170 Å². The zero-order valence-corrected chi connectivity index (χ0v) is 17.4. The van der Waals surface area contributed by atoms with Crippen molar-refractivity contribution in [3.8, 4) is 0 Å². The Balaban J connectivity index is 1.81. The lowest BCUT2D eigenvalue weighted by atomic mass is 10.1. The first-order valence-corrected chi connectivity index (χ1v) is 10.8. The van der Waals surface area contributed by atoms with Crippen LogP contribution in [0.4, 0.5) is 5.82 Å². The number of anilines is 1. The average Bonchev–Trinajstić information content (AvgIpc) is 3.16. The summed E-state index contributed by atoms with van der Waals surface area (Å²) in [5.41, 5.74) is 1.67. The summed E-state index contributed by atoms with van der Waals surface area (Å²) in [5, 5.41) is 6.97. The molecule has 0 aliphatic heterocycles. The van der Waals surface area contributed by atoms with Gasteiger partial charge in [-0.05, 0) is 44.0 Å². The van der Waals surface area contributed by atoms with Crippen molar-refractivity contribution >= 4 is 21.7 Å². The summed E-state index contributed by atoms with van der Waals surface area (Å²) in [6.07, 6.45) is 1.61. The van der Waals surface area contributed by atoms with Crippen LogP contribution >= 0.6 is 0 Å². The van der Waals surface area contributed by atoms with E-state index in [1.54, 1.807) is 36.0 Å². The highest BCUT2D eigenvalue weighted by molar-refractivity contribution is 7.89. The summed E-state index contributed by atoms with van der Waals surface area (Å²) in [4.78, 5) is 12.8. The van der Waals surface area contributed by atoms with Gasteiger partial charge in [-0.15, -0.1) is 0 Å². The SMILES string of the molecule is Cc1ccc(C(=O)Nc2ccnn2C(C)C)cc1S(=O)(=O)NCc1ccccc1. The molecule has 29 heavy (non-hydrogen) atoms. The number of carbonyl (C=O) groups excluding carboxylic acids is 1. The maximum absolute atomic E-state index is 12.8. The van der Waals surface area contributed by atoms with Crippen LogP contribution in [0.15, 0.2) is 65.7 Å². The number of hydrogen-bond donors (Lipinski definition) is 2. The zero-order valence-electron chi connectivity index (χ0n) is 16.6. The molecule has 0 bridgehead atoms. The first kappa shape index (κ1) is 20.8. The highest BCUT2D eigenvalue weighted by Crippen LogP contribution is 2.20. The van der Waals surface area contributed by atoms with Crippen molar-refractivity contribution in [1.82, 2.24) is 14.5 Å². The number of nitrogens with one attached hydrogen (secondary N) is 2. The lowest BCUT2D eigenvalue weighted by Crippen LogP contribution is -2.24. The third-order valence-corrected chi connectivity index (χ3v) is 5.99. The van der Waals surface area contributed by atoms with Gasteiger partial charge in [-0.25, -0.2) is 17.8 Å². The van der Waals surface area contributed by atoms with E-state index in [9.17, 15) is 13.2 Å². The standard InChI is InChI=1S/C21H24N4O3S/c1-15(2)25-20(11-12-22-25)24-21(26)18-10-9-16(3)19(13-18)29(27,28)23-14-17-7-5-4-6-8-17/h4-13,15,23H,14H2,1-3H3,(H,24,26). The Bertz CT molecular complexity index is 1110. The van der Waals surface area contributed by atoms with Crippen molar-refractivity contribution in [2.24, 2.45) is 0 Å². The molecule has 1 heterocycles. The summed E-state index contributed by atoms with van der Waals surface area (Å²) in [6, 6.07) is 15.7. The molecule has 0 fully saturated rings. The minimum Gasteiger partial charge on any atom is -0.307 e. The first-order valence-electron chi connectivity index (χ1n) is 9.27. The van der Waals surface area contributed by atoms with Gasteiger partial charge in [-0.3, -0.25) is 4.79 Å². The van der Waals surface area contributed by atoms with Crippen molar-refractivity contribution in [2.45, 2.75) is 38.3 Å². The molecule has 0 aliphatic carbocycles. The minimum atomic E-state index is -3.78. The van der Waals surface area contributed by atoms with Gasteiger partial charge in [-0.1, -0.05) is 36.4 Å². The highest BCUT2D eigenvalue weighted by atomic mass is 32.2. The van der Waals surface area contributed by atoms with E-state index in [4.69, 9.17) is 0 Å². The monoisotopic (exact) mass is 412 g/mol. The number of benzene rings is 2. The summed E-state index contributed by atoms with van der Waals surface area (Å²) >= 11 is 0. The molecule has 0 spiro atoms. The number of aryl methyl sites for hydroxylation is 1. The molecule has 1 aromatic heterocycles. The van der Waals surface area contributed by atoms with Gasteiger partial charge >= 0.3 is 0 Å². The lowest BCUT2D eigenvalue weighted by Gasteiger charge is -2.13. The molecule has 2 aromatic carbocycles. The number of hydrogen-bond acceptors (Lipinski definition) is 4. The summed E-state index contributed by atoms with van der Waals surface area (Å²) in [6.45, 7) is 5.79. The van der Waals surface area contributed by atoms with E-state index < -0.39 is 15.9 Å². The van der Waals surface area contributed by atoms with Crippen molar-refractivity contribution in [3.05, 3.63) is 77.5 Å². The predicted octanol–water partition coefficient (Wildman–Crippen LogP) is 3.50. The lowest BCUT2D eigenvalue weighted by molar-refractivity contribution is 0.102. The van der Waals surface area contributed by atoms with E-state index in [0.29, 0.717) is 11.4 Å². The maximum Gasteiger partial charge on any atom is 0.256 e. The van der Waals surface area contributed by atoms with E-state index in [0.717, 1.165) is 5.56 Å². The van der Waals surface area contributed by atoms with Crippen molar-refractivity contribution < 1.29 is 13.2 Å². The van der Waals surface area contributed by atoms with Crippen LogP contribution in [-0.2, 0) is 16.6 Å². The summed E-state index contributed by atoms with van der Waals surface area (Å²) < 4.78 is 29.9. The molecule has 152 valence electrons. The molecular formula is C21H24N4O3S. The molecule has 1 amide bonds. The number of rotatable bonds is 7. The quantitative estimate of drug-likeness (QED) is 0.621. The highest BCUT2D eigenvalue weighted by Gasteiger charge is 2.20. The normalized spacial score (nSPS) is 11.6. The Hall–Kier alpha value is -2.97. The van der Waals surface area contributed by atoms with E-state index >= 15 is 0 Å². The van der Waals surface area contributed by atoms with E-state index in [1.807, 2.05) is 44.2 Å². The smallest absolute Gasteiger partial charge is 0.256 e. The molecule has 0 radical (unpaired) electrons. The van der Waals surface area contributed by atoms with Gasteiger partial charge in [0.1, 0.15) is 5.82 Å². The molecule has 8 heteroatoms. The fourth-order valence-corrected chi connectivity index (χ4v) is 4.18. The first-order chi connectivity index (χ1) is 13.8. The van der Waals surface area contributed by atoms with Crippen LogP contribution in [0, 0.1) is 6.92 Å². The van der Waals surface area contributed by atoms with Crippen LogP contribution < -0.4 is 10.0 Å². The molecule has 0 aliphatic rings. The number of carbonyl (C=O) groups is 1. The number of sulfonamides is 1. The van der Waals surface area contributed by atoms with Crippen LogP contribution in [-0.4, -0.2) is 24.1 Å². The van der Waals surface area contributed by atoms with E-state index in [-0.39, 0.29) is 23.0 Å². The van der Waals surface area contributed by atoms with Crippen LogP contribution in [0.5, 0.6) is 0 Å². The topological polar surface area (TPSA) is 93.1 Å². The molecule has 0 atom stereocenters. The maximum atomic E-state index is 12.8. The molecule has 3 aromatic rings. The van der Waals surface area contributed by atoms with Gasteiger partial charge in [0.15, 0.2) is 0 Å². The second-order valence-electron chi connectivity index (χ2n) is 7.00. The van der Waals surface area contributed by atoms with E-state index in [2.05, 4.69) is 15.1 Å². The fourth-order valence-electron chi connectivity index (χ4n) is 2.90. The average molecular weight is 413 g/mol. The third kappa shape index (κ3) is 4.90. The van der Waals surface area contributed by atoms with Gasteiger partial charge in [0.2, 0.25) is 10.0 Å². The van der Waals surface area contributed by atoms with Crippen molar-refractivity contribution in [1.29, 1.82) is 0 Å².